The fraction of sp³-hybridized carbons (Fsp3) is 0.222. The number of aromatic nitrogens is 3. The van der Waals surface area contributed by atoms with Gasteiger partial charge in [0, 0.05) is 12.1 Å². The minimum atomic E-state index is -0.332. The molecule has 0 saturated carbocycles. The number of carbonyl (C=O) groups is 1. The van der Waals surface area contributed by atoms with Crippen molar-refractivity contribution in [2.24, 2.45) is 0 Å². The van der Waals surface area contributed by atoms with E-state index in [2.05, 4.69) is 41.5 Å². The Labute approximate surface area is 159 Å². The molecule has 0 aliphatic heterocycles. The summed E-state index contributed by atoms with van der Waals surface area (Å²) in [5.74, 6) is 1.04. The molecule has 8 heteroatoms. The molecule has 2 aromatic heterocycles. The summed E-state index contributed by atoms with van der Waals surface area (Å²) in [4.78, 5) is 25.0. The standard InChI is InChI=1S/C18H18BrN5O2/c1-4-20-18(25)24-15-9-21-14-6-5-13(22-17(14)23-15)11-7-10(2)8-12(19)16(11)26-3/h5-9H,4H2,1-3H3,(H2,20,22,23,24,25). The van der Waals surface area contributed by atoms with Crippen molar-refractivity contribution < 1.29 is 9.53 Å². The third-order valence-electron chi connectivity index (χ3n) is 3.65. The SMILES string of the molecule is CCNC(=O)Nc1cnc2ccc(-c3cc(C)cc(Br)c3OC)nc2n1. The lowest BCUT2D eigenvalue weighted by molar-refractivity contribution is 0.252. The van der Waals surface area contributed by atoms with Crippen molar-refractivity contribution >= 4 is 38.9 Å². The Balaban J connectivity index is 2.05. The van der Waals surface area contributed by atoms with Crippen LogP contribution in [0.5, 0.6) is 5.75 Å². The van der Waals surface area contributed by atoms with Gasteiger partial charge in [0.05, 0.1) is 23.5 Å². The van der Waals surface area contributed by atoms with E-state index in [0.717, 1.165) is 15.6 Å². The molecule has 1 aromatic carbocycles. The van der Waals surface area contributed by atoms with Gasteiger partial charge in [-0.2, -0.15) is 0 Å². The Kier molecular flexibility index (Phi) is 5.32. The number of urea groups is 1. The molecule has 7 nitrogen and oxygen atoms in total. The number of anilines is 1. The maximum absolute atomic E-state index is 11.7. The van der Waals surface area contributed by atoms with Gasteiger partial charge >= 0.3 is 6.03 Å². The van der Waals surface area contributed by atoms with E-state index in [4.69, 9.17) is 4.74 Å². The summed E-state index contributed by atoms with van der Waals surface area (Å²) < 4.78 is 6.37. The molecule has 3 aromatic rings. The number of hydrogen-bond acceptors (Lipinski definition) is 5. The predicted octanol–water partition coefficient (Wildman–Crippen LogP) is 3.91. The first kappa shape index (κ1) is 18.1. The van der Waals surface area contributed by atoms with Gasteiger partial charge in [0.15, 0.2) is 11.5 Å². The molecule has 0 unspecified atom stereocenters. The van der Waals surface area contributed by atoms with Crippen LogP contribution in [-0.2, 0) is 0 Å². The lowest BCUT2D eigenvalue weighted by Crippen LogP contribution is -2.28. The molecule has 0 saturated heterocycles. The van der Waals surface area contributed by atoms with Crippen LogP contribution in [0.1, 0.15) is 12.5 Å². The number of hydrogen-bond donors (Lipinski definition) is 2. The second-order valence-electron chi connectivity index (χ2n) is 5.61. The number of rotatable bonds is 4. The van der Waals surface area contributed by atoms with Gasteiger partial charge in [-0.1, -0.05) is 0 Å². The van der Waals surface area contributed by atoms with Gasteiger partial charge < -0.3 is 10.1 Å². The Morgan fingerprint density at radius 3 is 2.81 bits per heavy atom. The summed E-state index contributed by atoms with van der Waals surface area (Å²) in [5, 5.41) is 5.29. The zero-order valence-corrected chi connectivity index (χ0v) is 16.2. The van der Waals surface area contributed by atoms with E-state index < -0.39 is 0 Å². The van der Waals surface area contributed by atoms with Gasteiger partial charge in [0.25, 0.3) is 0 Å². The van der Waals surface area contributed by atoms with Crippen molar-refractivity contribution in [2.75, 3.05) is 19.0 Å². The van der Waals surface area contributed by atoms with Crippen LogP contribution in [0.2, 0.25) is 0 Å². The molecular weight excluding hydrogens is 398 g/mol. The van der Waals surface area contributed by atoms with Crippen molar-refractivity contribution in [3.63, 3.8) is 0 Å². The number of benzene rings is 1. The number of nitrogens with one attached hydrogen (secondary N) is 2. The monoisotopic (exact) mass is 415 g/mol. The Morgan fingerprint density at radius 1 is 1.27 bits per heavy atom. The van der Waals surface area contributed by atoms with Crippen LogP contribution in [0.25, 0.3) is 22.4 Å². The van der Waals surface area contributed by atoms with Crippen LogP contribution in [-0.4, -0.2) is 34.6 Å². The average Bonchev–Trinajstić information content (AvgIpc) is 2.60. The number of fused-ring (bicyclic) bond motifs is 1. The summed E-state index contributed by atoms with van der Waals surface area (Å²) in [6.45, 7) is 4.37. The number of nitrogens with zero attached hydrogens (tertiary/aromatic N) is 3. The molecule has 0 bridgehead atoms. The van der Waals surface area contributed by atoms with Gasteiger partial charge in [-0.25, -0.2) is 19.7 Å². The first-order valence-corrected chi connectivity index (χ1v) is 8.84. The molecule has 2 amide bonds. The minimum absolute atomic E-state index is 0.332. The maximum atomic E-state index is 11.7. The smallest absolute Gasteiger partial charge is 0.320 e. The van der Waals surface area contributed by atoms with Crippen LogP contribution >= 0.6 is 15.9 Å². The first-order valence-electron chi connectivity index (χ1n) is 8.05. The third-order valence-corrected chi connectivity index (χ3v) is 4.24. The summed E-state index contributed by atoms with van der Waals surface area (Å²) >= 11 is 3.52. The highest BCUT2D eigenvalue weighted by Gasteiger charge is 2.13. The number of halogens is 1. The zero-order chi connectivity index (χ0) is 18.7. The van der Waals surface area contributed by atoms with Gasteiger partial charge in [-0.3, -0.25) is 5.32 Å². The van der Waals surface area contributed by atoms with E-state index in [1.807, 2.05) is 38.1 Å². The van der Waals surface area contributed by atoms with E-state index in [9.17, 15) is 4.79 Å². The van der Waals surface area contributed by atoms with E-state index in [-0.39, 0.29) is 6.03 Å². The molecule has 0 aliphatic rings. The Hall–Kier alpha value is -2.74. The van der Waals surface area contributed by atoms with Gasteiger partial charge in [-0.05, 0) is 59.6 Å². The van der Waals surface area contributed by atoms with Crippen molar-refractivity contribution in [3.8, 4) is 17.0 Å². The predicted molar refractivity (Wildman–Crippen MR) is 104 cm³/mol. The van der Waals surface area contributed by atoms with Crippen molar-refractivity contribution in [1.82, 2.24) is 20.3 Å². The molecule has 26 heavy (non-hydrogen) atoms. The summed E-state index contributed by atoms with van der Waals surface area (Å²) in [5.41, 5.74) is 3.72. The van der Waals surface area contributed by atoms with Crippen molar-refractivity contribution in [2.45, 2.75) is 13.8 Å². The molecule has 0 aliphatic carbocycles. The summed E-state index contributed by atoms with van der Waals surface area (Å²) in [7, 11) is 1.62. The fourth-order valence-corrected chi connectivity index (χ4v) is 3.29. The highest BCUT2D eigenvalue weighted by atomic mass is 79.9. The van der Waals surface area contributed by atoms with Crippen LogP contribution in [0.3, 0.4) is 0 Å². The lowest BCUT2D eigenvalue weighted by Gasteiger charge is -2.12. The van der Waals surface area contributed by atoms with Crippen molar-refractivity contribution in [3.05, 3.63) is 40.5 Å². The summed E-state index contributed by atoms with van der Waals surface area (Å²) in [6, 6.07) is 7.37. The first-order chi connectivity index (χ1) is 12.5. The topological polar surface area (TPSA) is 89.0 Å². The zero-order valence-electron chi connectivity index (χ0n) is 14.6. The quantitative estimate of drug-likeness (QED) is 0.673. The Bertz CT molecular complexity index is 977. The summed E-state index contributed by atoms with van der Waals surface area (Å²) in [6.07, 6.45) is 1.50. The second kappa shape index (κ2) is 7.65. The second-order valence-corrected chi connectivity index (χ2v) is 6.46. The third kappa shape index (κ3) is 3.75. The highest BCUT2D eigenvalue weighted by molar-refractivity contribution is 9.10. The number of amides is 2. The number of pyridine rings is 1. The average molecular weight is 416 g/mol. The molecule has 0 fully saturated rings. The molecule has 0 radical (unpaired) electrons. The highest BCUT2D eigenvalue weighted by Crippen LogP contribution is 2.37. The van der Waals surface area contributed by atoms with E-state index >= 15 is 0 Å². The van der Waals surface area contributed by atoms with Gasteiger partial charge in [0.2, 0.25) is 0 Å². The molecule has 0 atom stereocenters. The number of carbonyl (C=O) groups excluding carboxylic acids is 1. The minimum Gasteiger partial charge on any atom is -0.495 e. The lowest BCUT2D eigenvalue weighted by atomic mass is 10.1. The molecule has 0 spiro atoms. The maximum Gasteiger partial charge on any atom is 0.320 e. The fourth-order valence-electron chi connectivity index (χ4n) is 2.56. The van der Waals surface area contributed by atoms with Crippen molar-refractivity contribution in [1.29, 1.82) is 0 Å². The van der Waals surface area contributed by atoms with E-state index in [1.165, 1.54) is 6.20 Å². The van der Waals surface area contributed by atoms with Gasteiger partial charge in [-0.15, -0.1) is 0 Å². The molecule has 3 rings (SSSR count). The number of aryl methyl sites for hydroxylation is 1. The van der Waals surface area contributed by atoms with Crippen LogP contribution in [0.15, 0.2) is 34.9 Å². The number of ether oxygens (including phenoxy) is 1. The molecule has 2 N–H and O–H groups in total. The molecule has 2 heterocycles. The van der Waals surface area contributed by atoms with Gasteiger partial charge in [0.1, 0.15) is 11.3 Å². The molecule has 134 valence electrons. The largest absolute Gasteiger partial charge is 0.495 e. The van der Waals surface area contributed by atoms with Crippen LogP contribution in [0, 0.1) is 6.92 Å². The van der Waals surface area contributed by atoms with Crippen LogP contribution in [0.4, 0.5) is 10.6 Å². The number of methoxy groups -OCH3 is 1. The van der Waals surface area contributed by atoms with E-state index in [1.54, 1.807) is 7.11 Å². The van der Waals surface area contributed by atoms with E-state index in [0.29, 0.717) is 35.0 Å². The normalized spacial score (nSPS) is 10.6. The molecular formula is C18H18BrN5O2. The van der Waals surface area contributed by atoms with Crippen LogP contribution < -0.4 is 15.4 Å². The Morgan fingerprint density at radius 2 is 2.08 bits per heavy atom.